The van der Waals surface area contributed by atoms with Crippen molar-refractivity contribution in [2.75, 3.05) is 0 Å². The number of phenols is 4. The quantitative estimate of drug-likeness (QED) is 0.252. The van der Waals surface area contributed by atoms with Crippen molar-refractivity contribution >= 4 is 0 Å². The largest absolute Gasteiger partial charge is 0.508 e. The van der Waals surface area contributed by atoms with Gasteiger partial charge in [-0.3, -0.25) is 0 Å². The van der Waals surface area contributed by atoms with Gasteiger partial charge in [0, 0.05) is 0 Å². The lowest BCUT2D eigenvalue weighted by molar-refractivity contribution is 0.471. The van der Waals surface area contributed by atoms with E-state index in [0.29, 0.717) is 23.0 Å². The summed E-state index contributed by atoms with van der Waals surface area (Å²) in [4.78, 5) is 0. The van der Waals surface area contributed by atoms with Crippen LogP contribution >= 0.6 is 0 Å². The maximum absolute atomic E-state index is 8.92. The lowest BCUT2D eigenvalue weighted by Crippen LogP contribution is -1.75. The van der Waals surface area contributed by atoms with Gasteiger partial charge >= 0.3 is 0 Å². The summed E-state index contributed by atoms with van der Waals surface area (Å²) >= 11 is 0. The van der Waals surface area contributed by atoms with Crippen LogP contribution in [0.2, 0.25) is 0 Å². The van der Waals surface area contributed by atoms with Crippen LogP contribution in [0.4, 0.5) is 0 Å². The van der Waals surface area contributed by atoms with Crippen LogP contribution in [-0.4, -0.2) is 20.4 Å². The molecule has 0 heterocycles. The van der Waals surface area contributed by atoms with Crippen LogP contribution in [0.1, 0.15) is 29.2 Å². The van der Waals surface area contributed by atoms with Gasteiger partial charge in [0.25, 0.3) is 0 Å². The highest BCUT2D eigenvalue weighted by atomic mass is 16.3. The van der Waals surface area contributed by atoms with E-state index in [1.54, 1.807) is 42.5 Å². The van der Waals surface area contributed by atoms with Crippen LogP contribution in [0.3, 0.4) is 0 Å². The molecule has 4 heteroatoms. The van der Waals surface area contributed by atoms with Gasteiger partial charge in [0.1, 0.15) is 23.0 Å². The highest BCUT2D eigenvalue weighted by molar-refractivity contribution is 5.30. The minimum absolute atomic E-state index is 0.329. The standard InChI is InChI=1S/C8H10O.3C7H8O/c1-2-7-3-5-8(9)6-4-7;1-6-2-4-7(8)5-3-6;1-6-3-2-4-7(8)5-6;1-6-4-2-3-5-7(6)8/h3-6,9H,2H2,1H3;3*2-5,8H,1H3. The zero-order chi connectivity index (χ0) is 24.6. The maximum Gasteiger partial charge on any atom is 0.118 e. The van der Waals surface area contributed by atoms with Crippen LogP contribution < -0.4 is 0 Å². The SMILES string of the molecule is CCc1ccc(O)cc1.Cc1ccc(O)cc1.Cc1cccc(O)c1.Cc1ccccc1O. The smallest absolute Gasteiger partial charge is 0.118 e. The number of aryl methyl sites for hydroxylation is 4. The molecule has 4 aromatic carbocycles. The Kier molecular flexibility index (Phi) is 12.3. The van der Waals surface area contributed by atoms with Crippen LogP contribution in [0, 0.1) is 20.8 Å². The molecular formula is C29H34O4. The monoisotopic (exact) mass is 446 g/mol. The van der Waals surface area contributed by atoms with Crippen LogP contribution in [0.25, 0.3) is 0 Å². The molecule has 0 aliphatic heterocycles. The average molecular weight is 447 g/mol. The molecule has 0 aliphatic carbocycles. The van der Waals surface area contributed by atoms with E-state index < -0.39 is 0 Å². The molecule has 0 radical (unpaired) electrons. The highest BCUT2D eigenvalue weighted by Gasteiger charge is 1.88. The zero-order valence-corrected chi connectivity index (χ0v) is 19.7. The number of aromatic hydroxyl groups is 4. The normalized spacial score (nSPS) is 9.21. The summed E-state index contributed by atoms with van der Waals surface area (Å²) in [5.41, 5.74) is 4.44. The lowest BCUT2D eigenvalue weighted by atomic mass is 10.2. The average Bonchev–Trinajstić information content (AvgIpc) is 2.80. The molecule has 0 amide bonds. The Balaban J connectivity index is 0.000000220. The Bertz CT molecular complexity index is 996. The van der Waals surface area contributed by atoms with Crippen LogP contribution in [0.5, 0.6) is 23.0 Å². The predicted molar refractivity (Wildman–Crippen MR) is 136 cm³/mol. The van der Waals surface area contributed by atoms with Gasteiger partial charge in [0.15, 0.2) is 0 Å². The molecule has 4 rings (SSSR count). The maximum atomic E-state index is 8.92. The van der Waals surface area contributed by atoms with E-state index >= 15 is 0 Å². The first kappa shape index (κ1) is 27.1. The molecule has 0 aromatic heterocycles. The fourth-order valence-electron chi connectivity index (χ4n) is 2.47. The van der Waals surface area contributed by atoms with Gasteiger partial charge in [-0.25, -0.2) is 0 Å². The molecule has 4 N–H and O–H groups in total. The Morgan fingerprint density at radius 3 is 1.42 bits per heavy atom. The van der Waals surface area contributed by atoms with E-state index in [1.807, 2.05) is 75.4 Å². The predicted octanol–water partition coefficient (Wildman–Crippen LogP) is 7.06. The first-order chi connectivity index (χ1) is 15.7. The summed E-state index contributed by atoms with van der Waals surface area (Å²) in [5.74, 6) is 1.38. The van der Waals surface area contributed by atoms with Crippen LogP contribution in [-0.2, 0) is 6.42 Å². The van der Waals surface area contributed by atoms with E-state index in [-0.39, 0.29) is 0 Å². The molecule has 33 heavy (non-hydrogen) atoms. The Hall–Kier alpha value is -3.92. The molecule has 0 bridgehead atoms. The molecular weight excluding hydrogens is 412 g/mol. The number of rotatable bonds is 1. The van der Waals surface area contributed by atoms with Gasteiger partial charge in [0.2, 0.25) is 0 Å². The minimum Gasteiger partial charge on any atom is -0.508 e. The third-order valence-electron chi connectivity index (χ3n) is 4.50. The first-order valence-electron chi connectivity index (χ1n) is 10.7. The van der Waals surface area contributed by atoms with E-state index in [9.17, 15) is 0 Å². The Morgan fingerprint density at radius 1 is 0.515 bits per heavy atom. The number of phenolic OH excluding ortho intramolecular Hbond substituents is 4. The highest BCUT2D eigenvalue weighted by Crippen LogP contribution is 2.12. The second-order valence-electron chi connectivity index (χ2n) is 7.48. The molecule has 0 fully saturated rings. The zero-order valence-electron chi connectivity index (χ0n) is 19.7. The van der Waals surface area contributed by atoms with Gasteiger partial charge in [-0.15, -0.1) is 0 Å². The van der Waals surface area contributed by atoms with Gasteiger partial charge < -0.3 is 20.4 Å². The summed E-state index contributed by atoms with van der Waals surface area (Å²) < 4.78 is 0. The second kappa shape index (κ2) is 15.0. The van der Waals surface area contributed by atoms with Crippen molar-refractivity contribution < 1.29 is 20.4 Å². The molecule has 0 saturated heterocycles. The number of benzene rings is 4. The third kappa shape index (κ3) is 12.5. The van der Waals surface area contributed by atoms with E-state index in [0.717, 1.165) is 17.5 Å². The molecule has 0 atom stereocenters. The molecule has 0 spiro atoms. The number of para-hydroxylation sites is 1. The van der Waals surface area contributed by atoms with E-state index in [4.69, 9.17) is 20.4 Å². The van der Waals surface area contributed by atoms with Crippen LogP contribution in [0.15, 0.2) is 97.1 Å². The summed E-state index contributed by atoms with van der Waals surface area (Å²) in [6.45, 7) is 7.89. The molecule has 4 aromatic rings. The number of hydrogen-bond donors (Lipinski definition) is 4. The molecule has 0 unspecified atom stereocenters. The fraction of sp³-hybridized carbons (Fsp3) is 0.172. The Labute approximate surface area is 197 Å². The summed E-state index contributed by atoms with van der Waals surface area (Å²) in [7, 11) is 0. The van der Waals surface area contributed by atoms with Crippen molar-refractivity contribution in [2.45, 2.75) is 34.1 Å². The second-order valence-corrected chi connectivity index (χ2v) is 7.48. The van der Waals surface area contributed by atoms with Gasteiger partial charge in [-0.2, -0.15) is 0 Å². The Morgan fingerprint density at radius 2 is 1.06 bits per heavy atom. The van der Waals surface area contributed by atoms with Crippen molar-refractivity contribution in [3.63, 3.8) is 0 Å². The third-order valence-corrected chi connectivity index (χ3v) is 4.50. The van der Waals surface area contributed by atoms with Crippen molar-refractivity contribution in [1.82, 2.24) is 0 Å². The lowest BCUT2D eigenvalue weighted by Gasteiger charge is -1.93. The fourth-order valence-corrected chi connectivity index (χ4v) is 2.47. The van der Waals surface area contributed by atoms with Crippen molar-refractivity contribution in [1.29, 1.82) is 0 Å². The van der Waals surface area contributed by atoms with Gasteiger partial charge in [-0.05, 0) is 86.3 Å². The summed E-state index contributed by atoms with van der Waals surface area (Å²) in [6, 6.07) is 28.8. The van der Waals surface area contributed by atoms with E-state index in [1.165, 1.54) is 11.1 Å². The summed E-state index contributed by atoms with van der Waals surface area (Å²) in [5, 5.41) is 35.3. The minimum atomic E-state index is 0.329. The van der Waals surface area contributed by atoms with Crippen molar-refractivity contribution in [3.8, 4) is 23.0 Å². The van der Waals surface area contributed by atoms with Gasteiger partial charge in [0.05, 0.1) is 0 Å². The van der Waals surface area contributed by atoms with Crippen molar-refractivity contribution in [2.24, 2.45) is 0 Å². The molecule has 0 aliphatic rings. The van der Waals surface area contributed by atoms with Crippen molar-refractivity contribution in [3.05, 3.63) is 119 Å². The molecule has 4 nitrogen and oxygen atoms in total. The summed E-state index contributed by atoms with van der Waals surface area (Å²) in [6.07, 6.45) is 1.03. The topological polar surface area (TPSA) is 80.9 Å². The molecule has 174 valence electrons. The number of hydrogen-bond acceptors (Lipinski definition) is 4. The molecule has 0 saturated carbocycles. The van der Waals surface area contributed by atoms with E-state index in [2.05, 4.69) is 6.92 Å². The van der Waals surface area contributed by atoms with Gasteiger partial charge in [-0.1, -0.05) is 67.1 Å². The first-order valence-corrected chi connectivity index (χ1v) is 10.7.